The van der Waals surface area contributed by atoms with Gasteiger partial charge in [-0.2, -0.15) is 0 Å². The van der Waals surface area contributed by atoms with Gasteiger partial charge in [0, 0.05) is 39.1 Å². The van der Waals surface area contributed by atoms with Crippen LogP contribution in [0.4, 0.5) is 4.39 Å². The fraction of sp³-hybridized carbons (Fsp3) is 0.550. The molecule has 3 amide bonds. The molecule has 1 aromatic rings. The number of carbonyl (C=O) groups excluding carboxylic acids is 3. The van der Waals surface area contributed by atoms with Gasteiger partial charge in [-0.15, -0.1) is 0 Å². The number of imide groups is 1. The number of piperidine rings is 1. The molecule has 0 spiro atoms. The minimum absolute atomic E-state index is 0.0103. The molecule has 2 aliphatic heterocycles. The molecule has 0 saturated carbocycles. The van der Waals surface area contributed by atoms with E-state index in [1.165, 1.54) is 25.2 Å². The Morgan fingerprint density at radius 2 is 2.11 bits per heavy atom. The van der Waals surface area contributed by atoms with Crippen molar-refractivity contribution in [3.8, 4) is 0 Å². The molecule has 2 unspecified atom stereocenters. The van der Waals surface area contributed by atoms with Crippen LogP contribution in [0.2, 0.25) is 0 Å². The summed E-state index contributed by atoms with van der Waals surface area (Å²) in [7, 11) is 1.39. The van der Waals surface area contributed by atoms with Crippen molar-refractivity contribution >= 4 is 17.7 Å². The Hall–Kier alpha value is -2.28. The third-order valence-corrected chi connectivity index (χ3v) is 5.78. The maximum atomic E-state index is 13.8. The fourth-order valence-electron chi connectivity index (χ4n) is 4.28. The highest BCUT2D eigenvalue weighted by molar-refractivity contribution is 6.10. The van der Waals surface area contributed by atoms with E-state index in [9.17, 15) is 23.9 Å². The topological polar surface area (TPSA) is 77.9 Å². The highest BCUT2D eigenvalue weighted by Crippen LogP contribution is 2.40. The summed E-state index contributed by atoms with van der Waals surface area (Å²) >= 11 is 0. The van der Waals surface area contributed by atoms with Crippen LogP contribution in [-0.4, -0.2) is 58.9 Å². The zero-order chi connectivity index (χ0) is 19.6. The second-order valence-corrected chi connectivity index (χ2v) is 7.45. The van der Waals surface area contributed by atoms with Gasteiger partial charge in [-0.25, -0.2) is 4.39 Å². The minimum Gasteiger partial charge on any atom is -0.396 e. The van der Waals surface area contributed by atoms with Crippen molar-refractivity contribution in [3.05, 3.63) is 35.6 Å². The van der Waals surface area contributed by atoms with E-state index in [1.54, 1.807) is 11.0 Å². The first-order valence-corrected chi connectivity index (χ1v) is 9.36. The zero-order valence-corrected chi connectivity index (χ0v) is 15.5. The second kappa shape index (κ2) is 7.76. The van der Waals surface area contributed by atoms with Crippen molar-refractivity contribution in [3.63, 3.8) is 0 Å². The molecule has 27 heavy (non-hydrogen) atoms. The van der Waals surface area contributed by atoms with E-state index in [1.807, 2.05) is 0 Å². The van der Waals surface area contributed by atoms with E-state index < -0.39 is 17.1 Å². The molecule has 0 aromatic heterocycles. The molecular formula is C20H25FN2O4. The van der Waals surface area contributed by atoms with Crippen molar-refractivity contribution in [2.45, 2.75) is 50.0 Å². The zero-order valence-electron chi connectivity index (χ0n) is 15.5. The minimum atomic E-state index is -1.37. The normalized spacial score (nSPS) is 26.0. The lowest BCUT2D eigenvalue weighted by atomic mass is 9.75. The maximum Gasteiger partial charge on any atom is 0.240 e. The third kappa shape index (κ3) is 3.60. The largest absolute Gasteiger partial charge is 0.396 e. The molecule has 146 valence electrons. The quantitative estimate of drug-likeness (QED) is 0.792. The summed E-state index contributed by atoms with van der Waals surface area (Å²) < 4.78 is 13.8. The Balaban J connectivity index is 1.94. The molecule has 2 saturated heterocycles. The molecule has 3 rings (SSSR count). The molecule has 0 bridgehead atoms. The van der Waals surface area contributed by atoms with Crippen LogP contribution < -0.4 is 0 Å². The van der Waals surface area contributed by atoms with E-state index in [2.05, 4.69) is 0 Å². The van der Waals surface area contributed by atoms with Gasteiger partial charge in [0.05, 0.1) is 5.41 Å². The number of benzene rings is 1. The lowest BCUT2D eigenvalue weighted by Crippen LogP contribution is -2.48. The number of hydrogen-bond acceptors (Lipinski definition) is 4. The predicted molar refractivity (Wildman–Crippen MR) is 96.1 cm³/mol. The summed E-state index contributed by atoms with van der Waals surface area (Å²) in [4.78, 5) is 41.1. The Labute approximate surface area is 157 Å². The molecule has 2 fully saturated rings. The van der Waals surface area contributed by atoms with Crippen LogP contribution in [0.25, 0.3) is 0 Å². The lowest BCUT2D eigenvalue weighted by Gasteiger charge is -2.38. The summed E-state index contributed by atoms with van der Waals surface area (Å²) in [6.45, 7) is 0.560. The average molecular weight is 376 g/mol. The van der Waals surface area contributed by atoms with Gasteiger partial charge >= 0.3 is 0 Å². The van der Waals surface area contributed by atoms with Crippen molar-refractivity contribution in [1.29, 1.82) is 0 Å². The Morgan fingerprint density at radius 1 is 1.33 bits per heavy atom. The van der Waals surface area contributed by atoms with Gasteiger partial charge in [0.25, 0.3) is 0 Å². The van der Waals surface area contributed by atoms with Crippen LogP contribution in [0.5, 0.6) is 0 Å². The van der Waals surface area contributed by atoms with E-state index in [0.717, 1.165) is 24.2 Å². The van der Waals surface area contributed by atoms with Crippen LogP contribution in [-0.2, 0) is 19.8 Å². The number of likely N-dealkylation sites (tertiary alicyclic amines) is 2. The Morgan fingerprint density at radius 3 is 2.74 bits per heavy atom. The van der Waals surface area contributed by atoms with E-state index >= 15 is 0 Å². The molecular weight excluding hydrogens is 351 g/mol. The van der Waals surface area contributed by atoms with Crippen molar-refractivity contribution in [1.82, 2.24) is 9.80 Å². The smallest absolute Gasteiger partial charge is 0.240 e. The van der Waals surface area contributed by atoms with Crippen LogP contribution in [0.3, 0.4) is 0 Å². The van der Waals surface area contributed by atoms with Gasteiger partial charge in [0.15, 0.2) is 0 Å². The third-order valence-electron chi connectivity index (χ3n) is 5.78. The molecule has 6 nitrogen and oxygen atoms in total. The van der Waals surface area contributed by atoms with Gasteiger partial charge in [-0.05, 0) is 43.4 Å². The summed E-state index contributed by atoms with van der Waals surface area (Å²) in [6, 6.07) is 5.53. The van der Waals surface area contributed by atoms with Crippen LogP contribution in [0.1, 0.15) is 44.1 Å². The highest BCUT2D eigenvalue weighted by atomic mass is 19.1. The molecule has 0 radical (unpaired) electrons. The molecule has 2 atom stereocenters. The number of carbonyl (C=O) groups is 3. The fourth-order valence-corrected chi connectivity index (χ4v) is 4.28. The summed E-state index contributed by atoms with van der Waals surface area (Å²) in [5.74, 6) is -1.58. The van der Waals surface area contributed by atoms with Gasteiger partial charge < -0.3 is 10.0 Å². The molecule has 0 aliphatic carbocycles. The molecule has 1 aromatic carbocycles. The number of hydrogen-bond donors (Lipinski definition) is 1. The summed E-state index contributed by atoms with van der Waals surface area (Å²) in [5, 5.41) is 9.29. The van der Waals surface area contributed by atoms with E-state index in [0.29, 0.717) is 18.5 Å². The number of halogens is 1. The number of aliphatic hydroxyl groups excluding tert-OH is 1. The maximum absolute atomic E-state index is 13.8. The number of amides is 3. The van der Waals surface area contributed by atoms with Gasteiger partial charge in [0.2, 0.25) is 17.7 Å². The SMILES string of the molecule is CN1C(=O)CC(CC(=O)N2CCCCC2CCO)(c2cccc(F)c2)C1=O. The predicted octanol–water partition coefficient (Wildman–Crippen LogP) is 1.61. The van der Waals surface area contributed by atoms with Crippen LogP contribution in [0.15, 0.2) is 24.3 Å². The molecule has 1 N–H and O–H groups in total. The molecule has 7 heteroatoms. The first-order chi connectivity index (χ1) is 12.9. The van der Waals surface area contributed by atoms with E-state index in [4.69, 9.17) is 0 Å². The van der Waals surface area contributed by atoms with Gasteiger partial charge in [0.1, 0.15) is 5.82 Å². The molecule has 2 heterocycles. The number of aliphatic hydroxyl groups is 1. The monoisotopic (exact) mass is 376 g/mol. The standard InChI is InChI=1S/C20H25FN2O4/c1-22-17(25)12-20(19(22)27,14-5-4-6-15(21)11-14)13-18(26)23-9-3-2-7-16(23)8-10-24/h4-6,11,16,24H,2-3,7-10,12-13H2,1H3. The van der Waals surface area contributed by atoms with Gasteiger partial charge in [-0.1, -0.05) is 12.1 Å². The summed E-state index contributed by atoms with van der Waals surface area (Å²) in [5.41, 5.74) is -1.01. The van der Waals surface area contributed by atoms with Gasteiger partial charge in [-0.3, -0.25) is 19.3 Å². The van der Waals surface area contributed by atoms with Crippen molar-refractivity contribution in [2.24, 2.45) is 0 Å². The second-order valence-electron chi connectivity index (χ2n) is 7.45. The lowest BCUT2D eigenvalue weighted by molar-refractivity contribution is -0.143. The summed E-state index contributed by atoms with van der Waals surface area (Å²) in [6.07, 6.45) is 2.85. The Bertz CT molecular complexity index is 751. The number of nitrogens with zero attached hydrogens (tertiary/aromatic N) is 2. The highest BCUT2D eigenvalue weighted by Gasteiger charge is 2.53. The number of likely N-dealkylation sites (N-methyl/N-ethyl adjacent to an activating group) is 1. The molecule has 2 aliphatic rings. The van der Waals surface area contributed by atoms with Crippen LogP contribution in [0, 0.1) is 5.82 Å². The first-order valence-electron chi connectivity index (χ1n) is 9.36. The number of rotatable bonds is 5. The van der Waals surface area contributed by atoms with Crippen molar-refractivity contribution < 1.29 is 23.9 Å². The average Bonchev–Trinajstić information content (AvgIpc) is 2.87. The Kier molecular flexibility index (Phi) is 5.60. The van der Waals surface area contributed by atoms with Crippen molar-refractivity contribution in [2.75, 3.05) is 20.2 Å². The van der Waals surface area contributed by atoms with E-state index in [-0.39, 0.29) is 37.3 Å². The first kappa shape index (κ1) is 19.5. The van der Waals surface area contributed by atoms with Crippen LogP contribution >= 0.6 is 0 Å².